The third kappa shape index (κ3) is 4.93. The first-order valence-electron chi connectivity index (χ1n) is 10.7. The van der Waals surface area contributed by atoms with E-state index in [1.54, 1.807) is 24.3 Å². The van der Waals surface area contributed by atoms with Crippen molar-refractivity contribution >= 4 is 23.7 Å². The second-order valence-electron chi connectivity index (χ2n) is 8.59. The van der Waals surface area contributed by atoms with Crippen molar-refractivity contribution in [3.8, 4) is 17.2 Å². The number of phenols is 1. The minimum atomic E-state index is -1.12. The van der Waals surface area contributed by atoms with Gasteiger partial charge >= 0.3 is 5.97 Å². The molecule has 0 unspecified atom stereocenters. The summed E-state index contributed by atoms with van der Waals surface area (Å²) < 4.78 is 11.9. The maximum atomic E-state index is 12.3. The monoisotopic (exact) mass is 442 g/mol. The van der Waals surface area contributed by atoms with E-state index in [1.165, 1.54) is 6.08 Å². The number of carboxylic acid groups (broad SMARTS) is 1. The molecular formula is C28H26O5. The van der Waals surface area contributed by atoms with Gasteiger partial charge in [-0.15, -0.1) is 0 Å². The number of hydrogen-bond acceptors (Lipinski definition) is 4. The molecule has 0 amide bonds. The van der Waals surface area contributed by atoms with Crippen LogP contribution in [0.2, 0.25) is 0 Å². The first-order chi connectivity index (χ1) is 15.7. The first kappa shape index (κ1) is 22.2. The predicted octanol–water partition coefficient (Wildman–Crippen LogP) is 6.09. The number of fused-ring (bicyclic) bond motifs is 1. The van der Waals surface area contributed by atoms with Crippen LogP contribution in [0.4, 0.5) is 0 Å². The second kappa shape index (κ2) is 8.87. The highest BCUT2D eigenvalue weighted by molar-refractivity contribution is 6.21. The Morgan fingerprint density at radius 3 is 2.58 bits per heavy atom. The Morgan fingerprint density at radius 1 is 1.09 bits per heavy atom. The second-order valence-corrected chi connectivity index (χ2v) is 8.59. The van der Waals surface area contributed by atoms with E-state index in [2.05, 4.69) is 0 Å². The van der Waals surface area contributed by atoms with Crippen LogP contribution in [0.3, 0.4) is 0 Å². The van der Waals surface area contributed by atoms with Crippen LogP contribution in [-0.4, -0.2) is 21.8 Å². The summed E-state index contributed by atoms with van der Waals surface area (Å²) in [5, 5.41) is 20.9. The zero-order valence-corrected chi connectivity index (χ0v) is 18.8. The molecule has 0 fully saturated rings. The molecule has 0 radical (unpaired) electrons. The number of hydrogen-bond donors (Lipinski definition) is 2. The van der Waals surface area contributed by atoms with Gasteiger partial charge in [-0.2, -0.15) is 0 Å². The summed E-state index contributed by atoms with van der Waals surface area (Å²) in [6, 6.07) is 18.5. The molecule has 1 aliphatic rings. The molecule has 0 bridgehead atoms. The zero-order valence-electron chi connectivity index (χ0n) is 18.8. The van der Waals surface area contributed by atoms with Gasteiger partial charge in [0.15, 0.2) is 0 Å². The van der Waals surface area contributed by atoms with Gasteiger partial charge in [0.05, 0.1) is 11.1 Å². The maximum absolute atomic E-state index is 12.3. The van der Waals surface area contributed by atoms with Crippen molar-refractivity contribution in [3.63, 3.8) is 0 Å². The Kier molecular flexibility index (Phi) is 5.97. The molecule has 3 aromatic carbocycles. The van der Waals surface area contributed by atoms with Crippen molar-refractivity contribution in [1.29, 1.82) is 0 Å². The van der Waals surface area contributed by atoms with Crippen LogP contribution in [0, 0.1) is 6.92 Å². The third-order valence-electron chi connectivity index (χ3n) is 5.43. The lowest BCUT2D eigenvalue weighted by Crippen LogP contribution is -2.27. The lowest BCUT2D eigenvalue weighted by Gasteiger charge is -2.28. The molecule has 3 aromatic rings. The number of phenolic OH excluding ortho intramolecular Hbond substituents is 1. The van der Waals surface area contributed by atoms with E-state index in [0.29, 0.717) is 34.8 Å². The van der Waals surface area contributed by atoms with Gasteiger partial charge in [-0.25, -0.2) is 4.79 Å². The molecule has 5 nitrogen and oxygen atoms in total. The van der Waals surface area contributed by atoms with E-state index in [-0.39, 0.29) is 11.3 Å². The van der Waals surface area contributed by atoms with Crippen LogP contribution in [0.1, 0.15) is 41.7 Å². The fourth-order valence-electron chi connectivity index (χ4n) is 3.69. The molecule has 4 rings (SSSR count). The van der Waals surface area contributed by atoms with Crippen molar-refractivity contribution in [2.45, 2.75) is 33.0 Å². The molecule has 0 aliphatic carbocycles. The summed E-state index contributed by atoms with van der Waals surface area (Å²) in [5.74, 6) is -0.128. The predicted molar refractivity (Wildman–Crippen MR) is 129 cm³/mol. The highest BCUT2D eigenvalue weighted by Gasteiger charge is 2.25. The SMILES string of the molecule is Cc1ccc(C(=Cc2ccc3c(c2O)C=CC(C)(C)O3)C(=O)O)c(OCc2ccccc2)c1. The quantitative estimate of drug-likeness (QED) is 0.357. The summed E-state index contributed by atoms with van der Waals surface area (Å²) in [5.41, 5.74) is 2.82. The molecule has 0 spiro atoms. The Hall–Kier alpha value is -3.99. The topological polar surface area (TPSA) is 76.0 Å². The molecule has 33 heavy (non-hydrogen) atoms. The van der Waals surface area contributed by atoms with Gasteiger partial charge in [0.2, 0.25) is 0 Å². The smallest absolute Gasteiger partial charge is 0.336 e. The molecule has 0 saturated heterocycles. The van der Waals surface area contributed by atoms with Crippen LogP contribution in [0.25, 0.3) is 17.7 Å². The van der Waals surface area contributed by atoms with Crippen molar-refractivity contribution in [1.82, 2.24) is 0 Å². The standard InChI is InChI=1S/C28H26O5/c1-18-9-11-21(25(15-18)32-17-19-7-5-4-6-8-19)23(27(30)31)16-20-10-12-24-22(26(20)29)13-14-28(2,3)33-24/h4-16,29H,17H2,1-3H3,(H,30,31). The molecule has 0 saturated carbocycles. The molecule has 0 atom stereocenters. The Bertz CT molecular complexity index is 1250. The highest BCUT2D eigenvalue weighted by atomic mass is 16.5. The number of carbonyl (C=O) groups is 1. The summed E-state index contributed by atoms with van der Waals surface area (Å²) >= 11 is 0. The van der Waals surface area contributed by atoms with Crippen molar-refractivity contribution in [3.05, 3.63) is 94.6 Å². The molecule has 168 valence electrons. The average molecular weight is 443 g/mol. The number of aryl methyl sites for hydroxylation is 1. The Morgan fingerprint density at radius 2 is 1.85 bits per heavy atom. The molecule has 2 N–H and O–H groups in total. The van der Waals surface area contributed by atoms with E-state index in [0.717, 1.165) is 11.1 Å². The molecular weight excluding hydrogens is 416 g/mol. The van der Waals surface area contributed by atoms with Gasteiger partial charge in [0.1, 0.15) is 29.5 Å². The molecule has 0 aromatic heterocycles. The lowest BCUT2D eigenvalue weighted by molar-refractivity contribution is -0.130. The number of rotatable bonds is 6. The highest BCUT2D eigenvalue weighted by Crippen LogP contribution is 2.40. The zero-order chi connectivity index (χ0) is 23.6. The van der Waals surface area contributed by atoms with Crippen molar-refractivity contribution in [2.75, 3.05) is 0 Å². The van der Waals surface area contributed by atoms with Crippen molar-refractivity contribution < 1.29 is 24.5 Å². The molecule has 5 heteroatoms. The largest absolute Gasteiger partial charge is 0.507 e. The summed E-state index contributed by atoms with van der Waals surface area (Å²) in [4.78, 5) is 12.3. The minimum Gasteiger partial charge on any atom is -0.507 e. The maximum Gasteiger partial charge on any atom is 0.336 e. The number of carboxylic acids is 1. The van der Waals surface area contributed by atoms with Crippen LogP contribution < -0.4 is 9.47 Å². The first-order valence-corrected chi connectivity index (χ1v) is 10.7. The van der Waals surface area contributed by atoms with E-state index < -0.39 is 11.6 Å². The van der Waals surface area contributed by atoms with Gasteiger partial charge < -0.3 is 19.7 Å². The Balaban J connectivity index is 1.74. The molecule has 1 heterocycles. The lowest BCUT2D eigenvalue weighted by atomic mass is 9.96. The van der Waals surface area contributed by atoms with E-state index in [4.69, 9.17) is 9.47 Å². The van der Waals surface area contributed by atoms with Gasteiger partial charge in [-0.1, -0.05) is 42.5 Å². The van der Waals surface area contributed by atoms with Gasteiger partial charge in [-0.05, 0) is 68.3 Å². The van der Waals surface area contributed by atoms with Crippen LogP contribution in [0.5, 0.6) is 17.2 Å². The number of benzene rings is 3. The van der Waals surface area contributed by atoms with Gasteiger partial charge in [0.25, 0.3) is 0 Å². The van der Waals surface area contributed by atoms with Gasteiger partial charge in [0, 0.05) is 11.1 Å². The number of ether oxygens (including phenoxy) is 2. The van der Waals surface area contributed by atoms with E-state index in [9.17, 15) is 15.0 Å². The van der Waals surface area contributed by atoms with Crippen molar-refractivity contribution in [2.24, 2.45) is 0 Å². The third-order valence-corrected chi connectivity index (χ3v) is 5.43. The van der Waals surface area contributed by atoms with Gasteiger partial charge in [-0.3, -0.25) is 0 Å². The minimum absolute atomic E-state index is 0.0225. The fourth-order valence-corrected chi connectivity index (χ4v) is 3.69. The summed E-state index contributed by atoms with van der Waals surface area (Å²) in [7, 11) is 0. The van der Waals surface area contributed by atoms with E-state index >= 15 is 0 Å². The average Bonchev–Trinajstić information content (AvgIpc) is 2.77. The van der Waals surface area contributed by atoms with Crippen LogP contribution >= 0.6 is 0 Å². The molecule has 1 aliphatic heterocycles. The Labute approximate surface area is 193 Å². The number of aromatic hydroxyl groups is 1. The van der Waals surface area contributed by atoms with Crippen LogP contribution in [-0.2, 0) is 11.4 Å². The fraction of sp³-hybridized carbons (Fsp3) is 0.179. The normalized spacial score (nSPS) is 14.3. The van der Waals surface area contributed by atoms with E-state index in [1.807, 2.05) is 69.3 Å². The van der Waals surface area contributed by atoms with Crippen LogP contribution in [0.15, 0.2) is 66.7 Å². The summed E-state index contributed by atoms with van der Waals surface area (Å²) in [6.07, 6.45) is 5.12. The summed E-state index contributed by atoms with van der Waals surface area (Å²) in [6.45, 7) is 6.08. The number of aliphatic carboxylic acids is 1.